The van der Waals surface area contributed by atoms with Crippen LogP contribution in [0.15, 0.2) is 23.1 Å². The molecule has 0 amide bonds. The van der Waals surface area contributed by atoms with E-state index in [0.717, 1.165) is 5.76 Å². The molecule has 0 unspecified atom stereocenters. The number of furan rings is 1. The van der Waals surface area contributed by atoms with Crippen LogP contribution < -0.4 is 0 Å². The lowest BCUT2D eigenvalue weighted by Crippen LogP contribution is -1.92. The van der Waals surface area contributed by atoms with Crippen LogP contribution in [0.1, 0.15) is 21.9 Å². The molecule has 58 valence electrons. The molecule has 1 rings (SSSR count). The van der Waals surface area contributed by atoms with Gasteiger partial charge >= 0.3 is 0 Å². The van der Waals surface area contributed by atoms with Gasteiger partial charge in [0.1, 0.15) is 11.5 Å². The minimum atomic E-state index is -0.0839. The zero-order chi connectivity index (χ0) is 8.43. The molecule has 0 aliphatic carbocycles. The van der Waals surface area contributed by atoms with Gasteiger partial charge in [0.15, 0.2) is 5.78 Å². The third kappa shape index (κ3) is 1.40. The monoisotopic (exact) mass is 150 g/mol. The highest BCUT2D eigenvalue weighted by Crippen LogP contribution is 2.14. The van der Waals surface area contributed by atoms with Gasteiger partial charge in [-0.1, -0.05) is 6.58 Å². The molecule has 1 heterocycles. The van der Waals surface area contributed by atoms with E-state index in [1.54, 1.807) is 13.0 Å². The average molecular weight is 150 g/mol. The van der Waals surface area contributed by atoms with Crippen LogP contribution in [0, 0.1) is 13.8 Å². The lowest BCUT2D eigenvalue weighted by molar-refractivity contribution is 0.104. The van der Waals surface area contributed by atoms with Gasteiger partial charge in [0.2, 0.25) is 0 Å². The summed E-state index contributed by atoms with van der Waals surface area (Å²) in [6, 6.07) is 1.72. The number of allylic oxidation sites excluding steroid dienone is 1. The van der Waals surface area contributed by atoms with E-state index in [1.807, 2.05) is 6.92 Å². The van der Waals surface area contributed by atoms with E-state index in [0.29, 0.717) is 11.3 Å². The smallest absolute Gasteiger partial charge is 0.188 e. The van der Waals surface area contributed by atoms with Gasteiger partial charge in [0.25, 0.3) is 0 Å². The number of carbonyl (C=O) groups is 1. The molecule has 0 fully saturated rings. The van der Waals surface area contributed by atoms with Gasteiger partial charge in [0.05, 0.1) is 5.56 Å². The van der Waals surface area contributed by atoms with Crippen molar-refractivity contribution < 1.29 is 9.21 Å². The lowest BCUT2D eigenvalue weighted by atomic mass is 10.1. The van der Waals surface area contributed by atoms with Crippen molar-refractivity contribution >= 4 is 5.78 Å². The van der Waals surface area contributed by atoms with Crippen molar-refractivity contribution in [2.24, 2.45) is 0 Å². The Labute approximate surface area is 65.5 Å². The van der Waals surface area contributed by atoms with E-state index in [4.69, 9.17) is 4.42 Å². The summed E-state index contributed by atoms with van der Waals surface area (Å²) in [5, 5.41) is 0. The van der Waals surface area contributed by atoms with Gasteiger partial charge in [-0.05, 0) is 26.0 Å². The van der Waals surface area contributed by atoms with Crippen molar-refractivity contribution in [1.29, 1.82) is 0 Å². The van der Waals surface area contributed by atoms with Crippen LogP contribution in [0.25, 0.3) is 0 Å². The maximum Gasteiger partial charge on any atom is 0.188 e. The Bertz CT molecular complexity index is 295. The second kappa shape index (κ2) is 2.74. The Kier molecular flexibility index (Phi) is 1.94. The SMILES string of the molecule is C=CC(=O)c1cc(C)oc1C. The summed E-state index contributed by atoms with van der Waals surface area (Å²) >= 11 is 0. The second-order valence-corrected chi connectivity index (χ2v) is 2.40. The van der Waals surface area contributed by atoms with Crippen molar-refractivity contribution in [1.82, 2.24) is 0 Å². The third-order valence-corrected chi connectivity index (χ3v) is 1.49. The number of hydrogen-bond acceptors (Lipinski definition) is 2. The van der Waals surface area contributed by atoms with E-state index < -0.39 is 0 Å². The molecule has 1 aromatic heterocycles. The molecule has 0 saturated carbocycles. The summed E-state index contributed by atoms with van der Waals surface area (Å²) in [6.45, 7) is 6.98. The Balaban J connectivity index is 3.12. The number of rotatable bonds is 2. The molecule has 0 saturated heterocycles. The zero-order valence-corrected chi connectivity index (χ0v) is 6.68. The standard InChI is InChI=1S/C9H10O2/c1-4-9(10)8-5-6(2)11-7(8)3/h4-5H,1H2,2-3H3. The molecule has 0 spiro atoms. The molecule has 0 N–H and O–H groups in total. The van der Waals surface area contributed by atoms with E-state index in [1.165, 1.54) is 6.08 Å². The summed E-state index contributed by atoms with van der Waals surface area (Å²) < 4.78 is 5.17. The van der Waals surface area contributed by atoms with Crippen LogP contribution in [0.3, 0.4) is 0 Å². The van der Waals surface area contributed by atoms with Crippen LogP contribution in [0.2, 0.25) is 0 Å². The second-order valence-electron chi connectivity index (χ2n) is 2.40. The summed E-state index contributed by atoms with van der Waals surface area (Å²) in [4.78, 5) is 11.1. The summed E-state index contributed by atoms with van der Waals surface area (Å²) in [7, 11) is 0. The fourth-order valence-corrected chi connectivity index (χ4v) is 0.985. The first-order chi connectivity index (χ1) is 5.15. The Morgan fingerprint density at radius 2 is 2.27 bits per heavy atom. The van der Waals surface area contributed by atoms with E-state index >= 15 is 0 Å². The summed E-state index contributed by atoms with van der Waals surface area (Å²) in [5.74, 6) is 1.33. The van der Waals surface area contributed by atoms with Crippen LogP contribution >= 0.6 is 0 Å². The van der Waals surface area contributed by atoms with Crippen molar-refractivity contribution in [3.05, 3.63) is 35.8 Å². The fraction of sp³-hybridized carbons (Fsp3) is 0.222. The van der Waals surface area contributed by atoms with Crippen molar-refractivity contribution in [2.45, 2.75) is 13.8 Å². The minimum absolute atomic E-state index is 0.0839. The molecular weight excluding hydrogens is 140 g/mol. The van der Waals surface area contributed by atoms with Crippen LogP contribution in [0.4, 0.5) is 0 Å². The highest BCUT2D eigenvalue weighted by Gasteiger charge is 2.09. The van der Waals surface area contributed by atoms with Crippen molar-refractivity contribution in [2.75, 3.05) is 0 Å². The maximum absolute atomic E-state index is 11.1. The number of hydrogen-bond donors (Lipinski definition) is 0. The predicted molar refractivity (Wildman–Crippen MR) is 42.7 cm³/mol. The van der Waals surface area contributed by atoms with Gasteiger partial charge < -0.3 is 4.42 Å². The third-order valence-electron chi connectivity index (χ3n) is 1.49. The number of carbonyl (C=O) groups excluding carboxylic acids is 1. The molecule has 0 aliphatic heterocycles. The molecule has 0 aliphatic rings. The van der Waals surface area contributed by atoms with E-state index in [-0.39, 0.29) is 5.78 Å². The molecule has 2 nitrogen and oxygen atoms in total. The molecule has 0 bridgehead atoms. The zero-order valence-electron chi connectivity index (χ0n) is 6.68. The quantitative estimate of drug-likeness (QED) is 0.478. The average Bonchev–Trinajstić information content (AvgIpc) is 2.28. The van der Waals surface area contributed by atoms with Gasteiger partial charge in [-0.25, -0.2) is 0 Å². The first kappa shape index (κ1) is 7.79. The van der Waals surface area contributed by atoms with Crippen molar-refractivity contribution in [3.8, 4) is 0 Å². The molecule has 11 heavy (non-hydrogen) atoms. The van der Waals surface area contributed by atoms with Crippen LogP contribution in [-0.4, -0.2) is 5.78 Å². The van der Waals surface area contributed by atoms with Crippen LogP contribution in [0.5, 0.6) is 0 Å². The molecule has 1 aromatic rings. The van der Waals surface area contributed by atoms with E-state index in [2.05, 4.69) is 6.58 Å². The molecule has 2 heteroatoms. The predicted octanol–water partition coefficient (Wildman–Crippen LogP) is 2.27. The van der Waals surface area contributed by atoms with Gasteiger partial charge in [-0.3, -0.25) is 4.79 Å². The topological polar surface area (TPSA) is 30.2 Å². The number of aryl methyl sites for hydroxylation is 2. The Morgan fingerprint density at radius 1 is 1.64 bits per heavy atom. The van der Waals surface area contributed by atoms with Gasteiger partial charge in [-0.2, -0.15) is 0 Å². The highest BCUT2D eigenvalue weighted by molar-refractivity contribution is 6.04. The van der Waals surface area contributed by atoms with Crippen LogP contribution in [-0.2, 0) is 0 Å². The Morgan fingerprint density at radius 3 is 2.64 bits per heavy atom. The van der Waals surface area contributed by atoms with E-state index in [9.17, 15) is 4.79 Å². The normalized spacial score (nSPS) is 9.64. The maximum atomic E-state index is 11.1. The summed E-state index contributed by atoms with van der Waals surface area (Å²) in [5.41, 5.74) is 0.609. The lowest BCUT2D eigenvalue weighted by Gasteiger charge is -1.87. The minimum Gasteiger partial charge on any atom is -0.466 e. The molecule has 0 atom stereocenters. The first-order valence-electron chi connectivity index (χ1n) is 3.39. The highest BCUT2D eigenvalue weighted by atomic mass is 16.3. The summed E-state index contributed by atoms with van der Waals surface area (Å²) in [6.07, 6.45) is 1.29. The van der Waals surface area contributed by atoms with Gasteiger partial charge in [-0.15, -0.1) is 0 Å². The Hall–Kier alpha value is -1.31. The van der Waals surface area contributed by atoms with Gasteiger partial charge in [0, 0.05) is 0 Å². The molecular formula is C9H10O2. The number of ketones is 1. The molecule has 0 aromatic carbocycles. The molecule has 0 radical (unpaired) electrons. The fourth-order valence-electron chi connectivity index (χ4n) is 0.985. The van der Waals surface area contributed by atoms with Crippen molar-refractivity contribution in [3.63, 3.8) is 0 Å². The largest absolute Gasteiger partial charge is 0.466 e. The first-order valence-corrected chi connectivity index (χ1v) is 3.39.